The van der Waals surface area contributed by atoms with Crippen LogP contribution in [-0.4, -0.2) is 34.8 Å². The van der Waals surface area contributed by atoms with Crippen molar-refractivity contribution in [3.05, 3.63) is 23.8 Å². The van der Waals surface area contributed by atoms with Crippen molar-refractivity contribution in [2.24, 2.45) is 0 Å². The first-order valence-electron chi connectivity index (χ1n) is 6.15. The number of hydrogen-bond donors (Lipinski definition) is 1. The minimum absolute atomic E-state index is 0.233. The molecule has 1 aromatic rings. The molecule has 0 amide bonds. The first-order chi connectivity index (χ1) is 8.90. The van der Waals surface area contributed by atoms with Gasteiger partial charge in [0.15, 0.2) is 0 Å². The van der Waals surface area contributed by atoms with E-state index in [1.54, 1.807) is 25.1 Å². The van der Waals surface area contributed by atoms with Crippen LogP contribution in [0.25, 0.3) is 0 Å². The number of rotatable bonds is 7. The summed E-state index contributed by atoms with van der Waals surface area (Å²) in [5.74, 6) is 0.700. The van der Waals surface area contributed by atoms with Crippen molar-refractivity contribution in [3.8, 4) is 5.75 Å². The summed E-state index contributed by atoms with van der Waals surface area (Å²) in [5.41, 5.74) is 0.795. The highest BCUT2D eigenvalue weighted by Gasteiger charge is 2.18. The van der Waals surface area contributed by atoms with E-state index in [0.29, 0.717) is 19.0 Å². The van der Waals surface area contributed by atoms with E-state index in [2.05, 4.69) is 4.72 Å². The van der Waals surface area contributed by atoms with Crippen molar-refractivity contribution in [2.45, 2.75) is 31.7 Å². The Morgan fingerprint density at radius 1 is 1.37 bits per heavy atom. The third kappa shape index (κ3) is 4.49. The Hall–Kier alpha value is -1.11. The maximum Gasteiger partial charge on any atom is 0.240 e. The molecule has 0 radical (unpaired) electrons. The summed E-state index contributed by atoms with van der Waals surface area (Å²) < 4.78 is 37.1. The minimum Gasteiger partial charge on any atom is -0.494 e. The molecule has 19 heavy (non-hydrogen) atoms. The van der Waals surface area contributed by atoms with Crippen LogP contribution >= 0.6 is 0 Å². The Labute approximate surface area is 115 Å². The van der Waals surface area contributed by atoms with Crippen molar-refractivity contribution < 1.29 is 17.9 Å². The second-order valence-electron chi connectivity index (χ2n) is 4.34. The number of sulfonamides is 1. The molecule has 1 atom stereocenters. The lowest BCUT2D eigenvalue weighted by Gasteiger charge is -2.14. The Bertz CT molecular complexity index is 513. The average molecular weight is 287 g/mol. The van der Waals surface area contributed by atoms with E-state index in [-0.39, 0.29) is 10.9 Å². The van der Waals surface area contributed by atoms with Crippen LogP contribution in [0.5, 0.6) is 5.75 Å². The molecule has 1 rings (SSSR count). The molecule has 0 saturated heterocycles. The molecule has 0 bridgehead atoms. The quantitative estimate of drug-likeness (QED) is 0.829. The summed E-state index contributed by atoms with van der Waals surface area (Å²) >= 11 is 0. The van der Waals surface area contributed by atoms with Gasteiger partial charge in [0, 0.05) is 13.2 Å². The second-order valence-corrected chi connectivity index (χ2v) is 6.05. The summed E-state index contributed by atoms with van der Waals surface area (Å²) in [5, 5.41) is 0. The van der Waals surface area contributed by atoms with Crippen LogP contribution in [0.3, 0.4) is 0 Å². The molecular formula is C13H21NO4S. The minimum atomic E-state index is -3.52. The van der Waals surface area contributed by atoms with Gasteiger partial charge in [-0.05, 0) is 44.5 Å². The summed E-state index contributed by atoms with van der Waals surface area (Å²) in [6.07, 6.45) is 0. The third-order valence-electron chi connectivity index (χ3n) is 2.53. The molecular weight excluding hydrogens is 266 g/mol. The van der Waals surface area contributed by atoms with Gasteiger partial charge in [0.25, 0.3) is 0 Å². The monoisotopic (exact) mass is 287 g/mol. The maximum absolute atomic E-state index is 12.1. The lowest BCUT2D eigenvalue weighted by Crippen LogP contribution is -2.35. The molecule has 0 heterocycles. The zero-order valence-corrected chi connectivity index (χ0v) is 12.6. The van der Waals surface area contributed by atoms with Gasteiger partial charge in [-0.3, -0.25) is 0 Å². The maximum atomic E-state index is 12.1. The van der Waals surface area contributed by atoms with Gasteiger partial charge in [-0.1, -0.05) is 0 Å². The Kier molecular flexibility index (Phi) is 5.78. The van der Waals surface area contributed by atoms with Gasteiger partial charge >= 0.3 is 0 Å². The molecule has 0 saturated carbocycles. The Balaban J connectivity index is 2.93. The fraction of sp³-hybridized carbons (Fsp3) is 0.538. The van der Waals surface area contributed by atoms with E-state index >= 15 is 0 Å². The number of nitrogens with one attached hydrogen (secondary N) is 1. The van der Waals surface area contributed by atoms with Crippen LogP contribution < -0.4 is 9.46 Å². The van der Waals surface area contributed by atoms with Crippen LogP contribution in [-0.2, 0) is 14.8 Å². The second kappa shape index (κ2) is 6.88. The molecule has 0 aromatic heterocycles. The molecule has 108 valence electrons. The number of aryl methyl sites for hydroxylation is 1. The summed E-state index contributed by atoms with van der Waals surface area (Å²) in [4.78, 5) is 0.233. The molecule has 0 fully saturated rings. The topological polar surface area (TPSA) is 64.6 Å². The largest absolute Gasteiger partial charge is 0.494 e. The number of methoxy groups -OCH3 is 1. The predicted molar refractivity (Wildman–Crippen MR) is 74.0 cm³/mol. The zero-order chi connectivity index (χ0) is 14.5. The molecule has 1 N–H and O–H groups in total. The number of benzene rings is 1. The normalized spacial score (nSPS) is 13.3. The van der Waals surface area contributed by atoms with Crippen LogP contribution in [0.15, 0.2) is 23.1 Å². The molecule has 0 spiro atoms. The van der Waals surface area contributed by atoms with Crippen molar-refractivity contribution in [1.29, 1.82) is 0 Å². The summed E-state index contributed by atoms with van der Waals surface area (Å²) in [6.45, 7) is 6.34. The number of ether oxygens (including phenoxy) is 2. The van der Waals surface area contributed by atoms with Crippen molar-refractivity contribution in [2.75, 3.05) is 20.3 Å². The fourth-order valence-corrected chi connectivity index (χ4v) is 3.04. The Morgan fingerprint density at radius 2 is 2.05 bits per heavy atom. The van der Waals surface area contributed by atoms with Crippen LogP contribution in [0.1, 0.15) is 19.4 Å². The zero-order valence-electron chi connectivity index (χ0n) is 11.8. The standard InChI is InChI=1S/C13H21NO4S/c1-5-18-13-7-6-12(8-10(13)2)19(15,16)14-11(3)9-17-4/h6-8,11,14H,5,9H2,1-4H3/t11-/m0/s1. The van der Waals surface area contributed by atoms with Gasteiger partial charge in [0.2, 0.25) is 10.0 Å². The van der Waals surface area contributed by atoms with Gasteiger partial charge in [0.1, 0.15) is 5.75 Å². The third-order valence-corrected chi connectivity index (χ3v) is 4.12. The summed E-state index contributed by atoms with van der Waals surface area (Å²) in [7, 11) is -1.99. The summed E-state index contributed by atoms with van der Waals surface area (Å²) in [6, 6.07) is 4.54. The van der Waals surface area contributed by atoms with E-state index in [9.17, 15) is 8.42 Å². The van der Waals surface area contributed by atoms with E-state index in [1.807, 2.05) is 13.8 Å². The molecule has 0 aliphatic rings. The lowest BCUT2D eigenvalue weighted by molar-refractivity contribution is 0.180. The average Bonchev–Trinajstić information content (AvgIpc) is 2.31. The van der Waals surface area contributed by atoms with E-state index in [4.69, 9.17) is 9.47 Å². The van der Waals surface area contributed by atoms with Gasteiger partial charge in [-0.2, -0.15) is 0 Å². The molecule has 0 unspecified atom stereocenters. The van der Waals surface area contributed by atoms with Gasteiger partial charge < -0.3 is 9.47 Å². The Morgan fingerprint density at radius 3 is 2.58 bits per heavy atom. The highest BCUT2D eigenvalue weighted by Crippen LogP contribution is 2.21. The first-order valence-corrected chi connectivity index (χ1v) is 7.63. The highest BCUT2D eigenvalue weighted by molar-refractivity contribution is 7.89. The predicted octanol–water partition coefficient (Wildman–Crippen LogP) is 1.71. The lowest BCUT2D eigenvalue weighted by atomic mass is 10.2. The van der Waals surface area contributed by atoms with Crippen LogP contribution in [0.4, 0.5) is 0 Å². The van der Waals surface area contributed by atoms with Crippen LogP contribution in [0, 0.1) is 6.92 Å². The van der Waals surface area contributed by atoms with Crippen molar-refractivity contribution in [3.63, 3.8) is 0 Å². The number of hydrogen-bond acceptors (Lipinski definition) is 4. The molecule has 0 aliphatic carbocycles. The highest BCUT2D eigenvalue weighted by atomic mass is 32.2. The fourth-order valence-electron chi connectivity index (χ4n) is 1.72. The SMILES string of the molecule is CCOc1ccc(S(=O)(=O)N[C@@H](C)COC)cc1C. The van der Waals surface area contributed by atoms with Gasteiger partial charge in [0.05, 0.1) is 18.1 Å². The smallest absolute Gasteiger partial charge is 0.240 e. The molecule has 1 aromatic carbocycles. The van der Waals surface area contributed by atoms with Crippen molar-refractivity contribution >= 4 is 10.0 Å². The van der Waals surface area contributed by atoms with Gasteiger partial charge in [-0.15, -0.1) is 0 Å². The first kappa shape index (κ1) is 15.9. The van der Waals surface area contributed by atoms with Gasteiger partial charge in [-0.25, -0.2) is 13.1 Å². The van der Waals surface area contributed by atoms with Crippen LogP contribution in [0.2, 0.25) is 0 Å². The molecule has 6 heteroatoms. The van der Waals surface area contributed by atoms with Crippen molar-refractivity contribution in [1.82, 2.24) is 4.72 Å². The van der Waals surface area contributed by atoms with E-state index in [0.717, 1.165) is 5.56 Å². The van der Waals surface area contributed by atoms with E-state index < -0.39 is 10.0 Å². The molecule has 5 nitrogen and oxygen atoms in total. The van der Waals surface area contributed by atoms with E-state index in [1.165, 1.54) is 7.11 Å². The molecule has 0 aliphatic heterocycles.